The van der Waals surface area contributed by atoms with Crippen LogP contribution >= 0.6 is 0 Å². The number of hydrogen-bond donors (Lipinski definition) is 0. The van der Waals surface area contributed by atoms with Gasteiger partial charge in [0.15, 0.2) is 5.84 Å². The second-order valence-electron chi connectivity index (χ2n) is 5.43. The molecule has 2 rings (SSSR count). The van der Waals surface area contributed by atoms with Gasteiger partial charge in [-0.2, -0.15) is 17.2 Å². The standard InChI is InChI=1S/C14H18F2N2O3S2/c1-8(2)22(9(3)4)17-13-12-10(21-14(15)16)6-5-7-11(12)23(19,20)18-13/h5-9,14H,1-4H3. The van der Waals surface area contributed by atoms with E-state index in [0.29, 0.717) is 0 Å². The Morgan fingerprint density at radius 2 is 1.78 bits per heavy atom. The van der Waals surface area contributed by atoms with Crippen LogP contribution in [-0.2, 0) is 20.7 Å². The molecule has 23 heavy (non-hydrogen) atoms. The lowest BCUT2D eigenvalue weighted by molar-refractivity contribution is -0.0501. The number of sulfonamides is 1. The molecule has 9 heteroatoms. The SMILES string of the molecule is CC(C)S(=NC1=NS(=O)(=O)c2cccc(OC(F)F)c21)C(C)C. The zero-order valence-corrected chi connectivity index (χ0v) is 14.8. The van der Waals surface area contributed by atoms with Crippen LogP contribution in [-0.4, -0.2) is 31.4 Å². The van der Waals surface area contributed by atoms with Gasteiger partial charge in [0.25, 0.3) is 10.0 Å². The number of hydrogen-bond acceptors (Lipinski definition) is 4. The molecule has 0 N–H and O–H groups in total. The van der Waals surface area contributed by atoms with Crippen LogP contribution in [0.5, 0.6) is 5.75 Å². The van der Waals surface area contributed by atoms with Crippen molar-refractivity contribution < 1.29 is 21.9 Å². The Bertz CT molecular complexity index is 762. The van der Waals surface area contributed by atoms with Crippen LogP contribution in [0.4, 0.5) is 8.78 Å². The van der Waals surface area contributed by atoms with E-state index >= 15 is 0 Å². The predicted octanol–water partition coefficient (Wildman–Crippen LogP) is 3.36. The van der Waals surface area contributed by atoms with Gasteiger partial charge in [0.05, 0.1) is 5.56 Å². The van der Waals surface area contributed by atoms with E-state index in [4.69, 9.17) is 0 Å². The summed E-state index contributed by atoms with van der Waals surface area (Å²) < 4.78 is 62.0. The van der Waals surface area contributed by atoms with E-state index in [1.165, 1.54) is 18.2 Å². The average Bonchev–Trinajstić information content (AvgIpc) is 2.67. The van der Waals surface area contributed by atoms with Gasteiger partial charge in [-0.25, -0.2) is 4.36 Å². The molecule has 1 heterocycles. The van der Waals surface area contributed by atoms with Crippen LogP contribution in [0.15, 0.2) is 31.9 Å². The Balaban J connectivity index is 2.65. The highest BCUT2D eigenvalue weighted by Gasteiger charge is 2.33. The minimum Gasteiger partial charge on any atom is -0.434 e. The second kappa shape index (κ2) is 6.64. The third kappa shape index (κ3) is 3.77. The van der Waals surface area contributed by atoms with Crippen LogP contribution in [0.2, 0.25) is 0 Å². The van der Waals surface area contributed by atoms with E-state index in [9.17, 15) is 17.2 Å². The molecule has 0 bridgehead atoms. The molecular formula is C14H18F2N2O3S2. The molecule has 1 aliphatic rings. The van der Waals surface area contributed by atoms with Crippen molar-refractivity contribution in [1.29, 1.82) is 0 Å². The van der Waals surface area contributed by atoms with Crippen LogP contribution in [0.3, 0.4) is 0 Å². The summed E-state index contributed by atoms with van der Waals surface area (Å²) in [5.74, 6) is -0.279. The summed E-state index contributed by atoms with van der Waals surface area (Å²) in [4.78, 5) is -0.148. The zero-order valence-electron chi connectivity index (χ0n) is 13.2. The summed E-state index contributed by atoms with van der Waals surface area (Å²) in [5.41, 5.74) is 0.0200. The smallest absolute Gasteiger partial charge is 0.387 e. The highest BCUT2D eigenvalue weighted by molar-refractivity contribution is 7.91. The third-order valence-electron chi connectivity index (χ3n) is 3.07. The number of halogens is 2. The van der Waals surface area contributed by atoms with E-state index in [0.717, 1.165) is 0 Å². The number of benzene rings is 1. The number of fused-ring (bicyclic) bond motifs is 1. The van der Waals surface area contributed by atoms with Crippen molar-refractivity contribution in [3.8, 4) is 5.75 Å². The largest absolute Gasteiger partial charge is 0.434 e. The molecule has 0 unspecified atom stereocenters. The van der Waals surface area contributed by atoms with Gasteiger partial charge in [0.2, 0.25) is 0 Å². The first-order chi connectivity index (χ1) is 10.6. The normalized spacial score (nSPS) is 16.2. The fraction of sp³-hybridized carbons (Fsp3) is 0.500. The molecule has 0 atom stereocenters. The molecule has 0 amide bonds. The number of amidine groups is 1. The van der Waals surface area contributed by atoms with Crippen LogP contribution in [0, 0.1) is 0 Å². The Morgan fingerprint density at radius 3 is 2.30 bits per heavy atom. The van der Waals surface area contributed by atoms with Crippen molar-refractivity contribution in [3.05, 3.63) is 23.8 Å². The number of ether oxygens (including phenoxy) is 1. The van der Waals surface area contributed by atoms with E-state index in [2.05, 4.69) is 13.5 Å². The summed E-state index contributed by atoms with van der Waals surface area (Å²) in [6.45, 7) is 4.83. The summed E-state index contributed by atoms with van der Waals surface area (Å²) in [7, 11) is -4.43. The van der Waals surface area contributed by atoms with Crippen molar-refractivity contribution in [3.63, 3.8) is 0 Å². The van der Waals surface area contributed by atoms with Gasteiger partial charge in [-0.05, 0) is 12.1 Å². The minimum absolute atomic E-state index is 0.0200. The lowest BCUT2D eigenvalue weighted by atomic mass is 10.2. The number of rotatable bonds is 4. The van der Waals surface area contributed by atoms with E-state index in [-0.39, 0.29) is 32.5 Å². The maximum absolute atomic E-state index is 12.6. The van der Waals surface area contributed by atoms with E-state index < -0.39 is 27.3 Å². The summed E-state index contributed by atoms with van der Waals surface area (Å²) in [5, 5.41) is 0.347. The highest BCUT2D eigenvalue weighted by Crippen LogP contribution is 2.35. The van der Waals surface area contributed by atoms with Crippen molar-refractivity contribution in [2.45, 2.75) is 49.7 Å². The molecule has 0 aromatic heterocycles. The topological polar surface area (TPSA) is 68.1 Å². The third-order valence-corrected chi connectivity index (χ3v) is 6.70. The number of nitrogens with zero attached hydrogens (tertiary/aromatic N) is 2. The van der Waals surface area contributed by atoms with Crippen molar-refractivity contribution in [1.82, 2.24) is 0 Å². The van der Waals surface area contributed by atoms with Gasteiger partial charge in [-0.1, -0.05) is 44.5 Å². The van der Waals surface area contributed by atoms with Crippen molar-refractivity contribution >= 4 is 26.6 Å². The van der Waals surface area contributed by atoms with Gasteiger partial charge in [-0.3, -0.25) is 0 Å². The number of alkyl halides is 2. The van der Waals surface area contributed by atoms with Crippen molar-refractivity contribution in [2.24, 2.45) is 8.76 Å². The maximum atomic E-state index is 12.6. The Kier molecular flexibility index (Phi) is 5.20. The molecule has 5 nitrogen and oxygen atoms in total. The second-order valence-corrected chi connectivity index (χ2v) is 9.77. The summed E-state index contributed by atoms with van der Waals surface area (Å²) >= 11 is 0. The molecule has 0 saturated carbocycles. The van der Waals surface area contributed by atoms with Gasteiger partial charge in [-0.15, -0.1) is 4.40 Å². The molecular weight excluding hydrogens is 346 g/mol. The van der Waals surface area contributed by atoms with E-state index in [1.54, 1.807) is 0 Å². The Morgan fingerprint density at radius 1 is 1.17 bits per heavy atom. The quantitative estimate of drug-likeness (QED) is 0.823. The molecule has 1 aromatic rings. The molecule has 1 aliphatic heterocycles. The van der Waals surface area contributed by atoms with Crippen LogP contribution < -0.4 is 4.74 Å². The van der Waals surface area contributed by atoms with E-state index in [1.807, 2.05) is 27.7 Å². The zero-order chi connectivity index (χ0) is 17.4. The first kappa shape index (κ1) is 18.0. The highest BCUT2D eigenvalue weighted by atomic mass is 32.2. The molecule has 0 fully saturated rings. The minimum atomic E-state index is -3.94. The van der Waals surface area contributed by atoms with Gasteiger partial charge in [0, 0.05) is 10.5 Å². The molecule has 0 saturated heterocycles. The summed E-state index contributed by atoms with van der Waals surface area (Å²) in [6.07, 6.45) is 0. The lowest BCUT2D eigenvalue weighted by Gasteiger charge is -2.16. The maximum Gasteiger partial charge on any atom is 0.387 e. The fourth-order valence-corrected chi connectivity index (χ4v) is 5.32. The average molecular weight is 364 g/mol. The predicted molar refractivity (Wildman–Crippen MR) is 86.9 cm³/mol. The monoisotopic (exact) mass is 364 g/mol. The molecule has 1 aromatic carbocycles. The molecule has 128 valence electrons. The Labute approximate surface area is 136 Å². The van der Waals surface area contributed by atoms with Gasteiger partial charge < -0.3 is 4.74 Å². The summed E-state index contributed by atoms with van der Waals surface area (Å²) in [6, 6.07) is 3.95. The fourth-order valence-electron chi connectivity index (χ4n) is 2.27. The molecule has 0 aliphatic carbocycles. The molecule has 0 spiro atoms. The first-order valence-corrected chi connectivity index (χ1v) is 9.75. The Hall–Kier alpha value is -1.35. The van der Waals surface area contributed by atoms with Crippen molar-refractivity contribution in [2.75, 3.05) is 0 Å². The lowest BCUT2D eigenvalue weighted by Crippen LogP contribution is -2.17. The van der Waals surface area contributed by atoms with Crippen LogP contribution in [0.25, 0.3) is 0 Å². The molecule has 0 radical (unpaired) electrons. The van der Waals surface area contributed by atoms with Crippen LogP contribution in [0.1, 0.15) is 33.3 Å². The first-order valence-electron chi connectivity index (χ1n) is 7.00. The van der Waals surface area contributed by atoms with Gasteiger partial charge >= 0.3 is 6.61 Å². The van der Waals surface area contributed by atoms with Gasteiger partial charge in [0.1, 0.15) is 10.6 Å².